The van der Waals surface area contributed by atoms with Gasteiger partial charge >= 0.3 is 0 Å². The molecule has 3 amide bonds. The van der Waals surface area contributed by atoms with Gasteiger partial charge in [0.1, 0.15) is 0 Å². The van der Waals surface area contributed by atoms with Crippen molar-refractivity contribution in [2.24, 2.45) is 5.92 Å². The Hall–Kier alpha value is -2.37. The fourth-order valence-corrected chi connectivity index (χ4v) is 2.16. The topological polar surface area (TPSA) is 78.5 Å². The van der Waals surface area contributed by atoms with Gasteiger partial charge < -0.3 is 15.5 Å². The number of amides is 3. The van der Waals surface area contributed by atoms with Crippen LogP contribution in [-0.4, -0.2) is 42.3 Å². The van der Waals surface area contributed by atoms with Crippen molar-refractivity contribution in [3.8, 4) is 0 Å². The summed E-state index contributed by atoms with van der Waals surface area (Å²) in [6.07, 6.45) is 1.52. The van der Waals surface area contributed by atoms with E-state index >= 15 is 0 Å². The van der Waals surface area contributed by atoms with Crippen LogP contribution in [0.4, 0.5) is 5.69 Å². The smallest absolute Gasteiger partial charge is 0.243 e. The summed E-state index contributed by atoms with van der Waals surface area (Å²) in [5, 5.41) is 5.25. The van der Waals surface area contributed by atoms with Crippen LogP contribution < -0.4 is 10.6 Å². The minimum absolute atomic E-state index is 0.0182. The van der Waals surface area contributed by atoms with Crippen molar-refractivity contribution in [3.63, 3.8) is 0 Å². The van der Waals surface area contributed by atoms with E-state index in [-0.39, 0.29) is 36.7 Å². The van der Waals surface area contributed by atoms with Gasteiger partial charge in [-0.25, -0.2) is 0 Å². The Morgan fingerprint density at radius 2 is 1.75 bits per heavy atom. The molecule has 0 aliphatic heterocycles. The Bertz CT molecular complexity index is 546. The molecule has 0 heterocycles. The number of rotatable bonds is 9. The van der Waals surface area contributed by atoms with E-state index in [1.165, 1.54) is 0 Å². The predicted molar refractivity (Wildman–Crippen MR) is 94.4 cm³/mol. The van der Waals surface area contributed by atoms with Crippen LogP contribution in [0.15, 0.2) is 30.3 Å². The number of benzene rings is 1. The van der Waals surface area contributed by atoms with E-state index in [1.54, 1.807) is 17.0 Å². The van der Waals surface area contributed by atoms with Crippen LogP contribution in [-0.2, 0) is 14.4 Å². The number of nitrogens with zero attached hydrogens (tertiary/aromatic N) is 1. The third-order valence-electron chi connectivity index (χ3n) is 3.68. The van der Waals surface area contributed by atoms with E-state index in [1.807, 2.05) is 39.0 Å². The molecular weight excluding hydrogens is 306 g/mol. The van der Waals surface area contributed by atoms with E-state index in [0.29, 0.717) is 12.2 Å². The first kappa shape index (κ1) is 19.7. The lowest BCUT2D eigenvalue weighted by atomic mass is 10.1. The van der Waals surface area contributed by atoms with Crippen molar-refractivity contribution >= 4 is 23.4 Å². The summed E-state index contributed by atoms with van der Waals surface area (Å²) in [6.45, 7) is 6.16. The molecule has 6 heteroatoms. The van der Waals surface area contributed by atoms with E-state index in [0.717, 1.165) is 12.8 Å². The summed E-state index contributed by atoms with van der Waals surface area (Å²) in [5.74, 6) is -0.762. The second kappa shape index (κ2) is 10.4. The molecule has 0 fully saturated rings. The first-order valence-electron chi connectivity index (χ1n) is 8.38. The zero-order chi connectivity index (χ0) is 17.9. The third-order valence-corrected chi connectivity index (χ3v) is 3.68. The summed E-state index contributed by atoms with van der Waals surface area (Å²) in [6, 6.07) is 9.03. The molecule has 1 rings (SSSR count). The maximum atomic E-state index is 12.2. The average molecular weight is 333 g/mol. The summed E-state index contributed by atoms with van der Waals surface area (Å²) in [5.41, 5.74) is 0.677. The van der Waals surface area contributed by atoms with Crippen LogP contribution in [0.25, 0.3) is 0 Å². The lowest BCUT2D eigenvalue weighted by Crippen LogP contribution is -2.44. The third kappa shape index (κ3) is 6.81. The van der Waals surface area contributed by atoms with Gasteiger partial charge in [-0.05, 0) is 25.0 Å². The van der Waals surface area contributed by atoms with Gasteiger partial charge in [-0.15, -0.1) is 0 Å². The number of hydrogen-bond donors (Lipinski definition) is 2. The van der Waals surface area contributed by atoms with Gasteiger partial charge in [-0.2, -0.15) is 0 Å². The van der Waals surface area contributed by atoms with Crippen LogP contribution in [0.1, 0.15) is 33.6 Å². The van der Waals surface area contributed by atoms with Crippen molar-refractivity contribution in [1.82, 2.24) is 10.2 Å². The zero-order valence-corrected chi connectivity index (χ0v) is 14.7. The van der Waals surface area contributed by atoms with E-state index in [9.17, 15) is 14.4 Å². The molecule has 1 atom stereocenters. The molecule has 0 spiro atoms. The second-order valence-corrected chi connectivity index (χ2v) is 5.76. The molecule has 24 heavy (non-hydrogen) atoms. The maximum Gasteiger partial charge on any atom is 0.243 e. The molecule has 0 aliphatic rings. The Morgan fingerprint density at radius 3 is 2.33 bits per heavy atom. The zero-order valence-electron chi connectivity index (χ0n) is 14.7. The number of anilines is 1. The van der Waals surface area contributed by atoms with Gasteiger partial charge in [-0.3, -0.25) is 14.4 Å². The van der Waals surface area contributed by atoms with E-state index in [2.05, 4.69) is 10.6 Å². The monoisotopic (exact) mass is 333 g/mol. The summed E-state index contributed by atoms with van der Waals surface area (Å²) >= 11 is 0. The predicted octanol–water partition coefficient (Wildman–Crippen LogP) is 2.03. The van der Waals surface area contributed by atoms with Crippen LogP contribution >= 0.6 is 0 Å². The van der Waals surface area contributed by atoms with Crippen LogP contribution in [0.3, 0.4) is 0 Å². The first-order chi connectivity index (χ1) is 11.5. The van der Waals surface area contributed by atoms with Crippen LogP contribution in [0, 0.1) is 5.92 Å². The molecular formula is C18H27N3O3. The van der Waals surface area contributed by atoms with Crippen LogP contribution in [0.5, 0.6) is 0 Å². The summed E-state index contributed by atoms with van der Waals surface area (Å²) < 4.78 is 0. The number of hydrogen-bond acceptors (Lipinski definition) is 3. The van der Waals surface area contributed by atoms with Crippen LogP contribution in [0.2, 0.25) is 0 Å². The molecule has 1 unspecified atom stereocenters. The summed E-state index contributed by atoms with van der Waals surface area (Å²) in [4.78, 5) is 37.6. The Balaban J connectivity index is 2.45. The number of carbonyl (C=O) groups excluding carboxylic acids is 3. The largest absolute Gasteiger partial charge is 0.345 e. The SMILES string of the molecule is CCCN(CC(=O)NCC(=O)Nc1ccccc1)C(=O)C(C)CC. The standard InChI is InChI=1S/C18H27N3O3/c1-4-11-21(18(24)14(3)5-2)13-17(23)19-12-16(22)20-15-9-7-6-8-10-15/h6-10,14H,4-5,11-13H2,1-3H3,(H,19,23)(H,20,22). The molecule has 0 aromatic heterocycles. The van der Waals surface area contributed by atoms with Crippen molar-refractivity contribution in [3.05, 3.63) is 30.3 Å². The molecule has 0 bridgehead atoms. The van der Waals surface area contributed by atoms with Gasteiger partial charge in [0.25, 0.3) is 0 Å². The Morgan fingerprint density at radius 1 is 1.08 bits per heavy atom. The highest BCUT2D eigenvalue weighted by Gasteiger charge is 2.21. The van der Waals surface area contributed by atoms with Gasteiger partial charge in [-0.1, -0.05) is 39.0 Å². The van der Waals surface area contributed by atoms with Gasteiger partial charge in [0.2, 0.25) is 17.7 Å². The molecule has 1 aromatic carbocycles. The van der Waals surface area contributed by atoms with Crippen molar-refractivity contribution in [1.29, 1.82) is 0 Å². The number of para-hydroxylation sites is 1. The molecule has 0 saturated carbocycles. The molecule has 6 nitrogen and oxygen atoms in total. The molecule has 1 aromatic rings. The molecule has 0 aliphatic carbocycles. The Kier molecular flexibility index (Phi) is 8.54. The highest BCUT2D eigenvalue weighted by molar-refractivity contribution is 5.95. The van der Waals surface area contributed by atoms with Gasteiger partial charge in [0.05, 0.1) is 13.1 Å². The van der Waals surface area contributed by atoms with Crippen molar-refractivity contribution in [2.75, 3.05) is 25.0 Å². The highest BCUT2D eigenvalue weighted by atomic mass is 16.2. The normalized spacial score (nSPS) is 11.5. The minimum Gasteiger partial charge on any atom is -0.345 e. The summed E-state index contributed by atoms with van der Waals surface area (Å²) in [7, 11) is 0. The maximum absolute atomic E-state index is 12.2. The lowest BCUT2D eigenvalue weighted by molar-refractivity contribution is -0.139. The molecule has 132 valence electrons. The van der Waals surface area contributed by atoms with E-state index in [4.69, 9.17) is 0 Å². The highest BCUT2D eigenvalue weighted by Crippen LogP contribution is 2.07. The van der Waals surface area contributed by atoms with Gasteiger partial charge in [0, 0.05) is 18.2 Å². The van der Waals surface area contributed by atoms with Gasteiger partial charge in [0.15, 0.2) is 0 Å². The Labute approximate surface area is 143 Å². The minimum atomic E-state index is -0.330. The fourth-order valence-electron chi connectivity index (χ4n) is 2.16. The molecule has 0 radical (unpaired) electrons. The van der Waals surface area contributed by atoms with E-state index < -0.39 is 0 Å². The average Bonchev–Trinajstić information content (AvgIpc) is 2.59. The number of carbonyl (C=O) groups is 3. The van der Waals surface area contributed by atoms with Crippen molar-refractivity contribution in [2.45, 2.75) is 33.6 Å². The molecule has 2 N–H and O–H groups in total. The molecule has 0 saturated heterocycles. The quantitative estimate of drug-likeness (QED) is 0.726. The van der Waals surface area contributed by atoms with Crippen molar-refractivity contribution < 1.29 is 14.4 Å². The fraction of sp³-hybridized carbons (Fsp3) is 0.500. The lowest BCUT2D eigenvalue weighted by Gasteiger charge is -2.24. The second-order valence-electron chi connectivity index (χ2n) is 5.76. The first-order valence-corrected chi connectivity index (χ1v) is 8.38. The number of nitrogens with one attached hydrogen (secondary N) is 2.